The van der Waals surface area contributed by atoms with E-state index in [1.807, 2.05) is 0 Å². The lowest BCUT2D eigenvalue weighted by Gasteiger charge is -2.38. The SMILES string of the molecule is COC1(OC)CCS(=O)(=O)C[C@@H]1O. The van der Waals surface area contributed by atoms with E-state index in [1.165, 1.54) is 14.2 Å². The van der Waals surface area contributed by atoms with Crippen molar-refractivity contribution < 1.29 is 23.0 Å². The maximum atomic E-state index is 11.1. The minimum atomic E-state index is -3.13. The molecule has 0 aliphatic carbocycles. The van der Waals surface area contributed by atoms with E-state index in [0.717, 1.165) is 0 Å². The highest BCUT2D eigenvalue weighted by Gasteiger charge is 2.45. The Morgan fingerprint density at radius 2 is 1.92 bits per heavy atom. The van der Waals surface area contributed by atoms with Crippen LogP contribution >= 0.6 is 0 Å². The molecule has 1 N–H and O–H groups in total. The van der Waals surface area contributed by atoms with Crippen molar-refractivity contribution in [2.75, 3.05) is 25.7 Å². The number of aliphatic hydroxyl groups excluding tert-OH is 1. The molecule has 5 nitrogen and oxygen atoms in total. The fourth-order valence-electron chi connectivity index (χ4n) is 1.47. The summed E-state index contributed by atoms with van der Waals surface area (Å²) in [4.78, 5) is 0. The Labute approximate surface area is 77.6 Å². The van der Waals surface area contributed by atoms with Crippen LogP contribution in [0.4, 0.5) is 0 Å². The molecule has 1 aliphatic heterocycles. The average molecular weight is 210 g/mol. The van der Waals surface area contributed by atoms with Gasteiger partial charge >= 0.3 is 0 Å². The van der Waals surface area contributed by atoms with Gasteiger partial charge in [0, 0.05) is 20.6 Å². The van der Waals surface area contributed by atoms with E-state index in [-0.39, 0.29) is 17.9 Å². The monoisotopic (exact) mass is 210 g/mol. The minimum absolute atomic E-state index is 0.00819. The molecule has 1 rings (SSSR count). The number of rotatable bonds is 2. The topological polar surface area (TPSA) is 72.8 Å². The predicted octanol–water partition coefficient (Wildman–Crippen LogP) is -0.845. The maximum absolute atomic E-state index is 11.1. The third-order valence-electron chi connectivity index (χ3n) is 2.37. The summed E-state index contributed by atoms with van der Waals surface area (Å²) >= 11 is 0. The fraction of sp³-hybridized carbons (Fsp3) is 1.00. The van der Waals surface area contributed by atoms with E-state index < -0.39 is 21.7 Å². The zero-order valence-electron chi connectivity index (χ0n) is 7.69. The molecule has 0 aromatic carbocycles. The number of hydrogen-bond donors (Lipinski definition) is 1. The Balaban J connectivity index is 2.83. The van der Waals surface area contributed by atoms with Crippen molar-refractivity contribution in [2.45, 2.75) is 18.3 Å². The molecular weight excluding hydrogens is 196 g/mol. The lowest BCUT2D eigenvalue weighted by molar-refractivity contribution is -0.256. The molecule has 0 saturated carbocycles. The van der Waals surface area contributed by atoms with Gasteiger partial charge in [0.25, 0.3) is 0 Å². The first kappa shape index (κ1) is 10.9. The number of methoxy groups -OCH3 is 2. The van der Waals surface area contributed by atoms with Crippen LogP contribution < -0.4 is 0 Å². The van der Waals surface area contributed by atoms with Crippen LogP contribution in [0.15, 0.2) is 0 Å². The molecule has 0 bridgehead atoms. The van der Waals surface area contributed by atoms with Gasteiger partial charge in [0.15, 0.2) is 15.6 Å². The second-order valence-electron chi connectivity index (χ2n) is 3.10. The normalized spacial score (nSPS) is 31.5. The Hall–Kier alpha value is -0.170. The summed E-state index contributed by atoms with van der Waals surface area (Å²) in [6.07, 6.45) is -0.940. The molecule has 78 valence electrons. The van der Waals surface area contributed by atoms with Crippen LogP contribution in [0.2, 0.25) is 0 Å². The van der Waals surface area contributed by atoms with Gasteiger partial charge in [-0.2, -0.15) is 0 Å². The summed E-state index contributed by atoms with van der Waals surface area (Å²) in [5.41, 5.74) is 0. The van der Waals surface area contributed by atoms with Crippen LogP contribution in [0, 0.1) is 0 Å². The standard InChI is InChI=1S/C7H14O5S/c1-11-7(12-2)3-4-13(9,10)5-6(7)8/h6,8H,3-5H2,1-2H3/t6-/m0/s1. The molecule has 0 spiro atoms. The van der Waals surface area contributed by atoms with Crippen molar-refractivity contribution in [3.63, 3.8) is 0 Å². The van der Waals surface area contributed by atoms with Crippen molar-refractivity contribution in [1.82, 2.24) is 0 Å². The van der Waals surface area contributed by atoms with Gasteiger partial charge in [0.05, 0.1) is 11.5 Å². The minimum Gasteiger partial charge on any atom is -0.386 e. The summed E-state index contributed by atoms with van der Waals surface area (Å²) in [5, 5.41) is 9.53. The number of sulfone groups is 1. The molecule has 0 radical (unpaired) electrons. The van der Waals surface area contributed by atoms with Gasteiger partial charge in [-0.25, -0.2) is 8.42 Å². The number of aliphatic hydroxyl groups is 1. The Morgan fingerprint density at radius 1 is 1.38 bits per heavy atom. The highest BCUT2D eigenvalue weighted by molar-refractivity contribution is 7.91. The molecule has 1 atom stereocenters. The predicted molar refractivity (Wildman–Crippen MR) is 46.0 cm³/mol. The summed E-state index contributed by atoms with van der Waals surface area (Å²) in [6.45, 7) is 0. The first-order valence-corrected chi connectivity index (χ1v) is 5.77. The smallest absolute Gasteiger partial charge is 0.195 e. The van der Waals surface area contributed by atoms with Gasteiger partial charge in [0.1, 0.15) is 6.10 Å². The van der Waals surface area contributed by atoms with E-state index >= 15 is 0 Å². The van der Waals surface area contributed by atoms with Crippen LogP contribution in [-0.4, -0.2) is 51.1 Å². The summed E-state index contributed by atoms with van der Waals surface area (Å²) in [6, 6.07) is 0. The van der Waals surface area contributed by atoms with E-state index in [2.05, 4.69) is 0 Å². The molecule has 1 saturated heterocycles. The molecule has 0 unspecified atom stereocenters. The number of ether oxygens (including phenoxy) is 2. The van der Waals surface area contributed by atoms with Crippen molar-refractivity contribution in [1.29, 1.82) is 0 Å². The second-order valence-corrected chi connectivity index (χ2v) is 5.33. The zero-order chi connectivity index (χ0) is 10.1. The molecular formula is C7H14O5S. The van der Waals surface area contributed by atoms with E-state index in [0.29, 0.717) is 0 Å². The molecule has 1 aliphatic rings. The Kier molecular flexibility index (Phi) is 2.96. The highest BCUT2D eigenvalue weighted by atomic mass is 32.2. The van der Waals surface area contributed by atoms with Gasteiger partial charge < -0.3 is 14.6 Å². The molecule has 0 amide bonds. The van der Waals surface area contributed by atoms with Gasteiger partial charge in [-0.05, 0) is 0 Å². The zero-order valence-corrected chi connectivity index (χ0v) is 8.50. The maximum Gasteiger partial charge on any atom is 0.195 e. The molecule has 1 heterocycles. The summed E-state index contributed by atoms with van der Waals surface area (Å²) in [7, 11) is -0.346. The van der Waals surface area contributed by atoms with Gasteiger partial charge in [-0.15, -0.1) is 0 Å². The lowest BCUT2D eigenvalue weighted by Crippen LogP contribution is -2.54. The molecule has 0 aromatic heterocycles. The van der Waals surface area contributed by atoms with Crippen LogP contribution in [0.3, 0.4) is 0 Å². The third-order valence-corrected chi connectivity index (χ3v) is 4.02. The van der Waals surface area contributed by atoms with Crippen molar-refractivity contribution in [2.24, 2.45) is 0 Å². The Bertz CT molecular complexity index is 267. The third kappa shape index (κ3) is 2.01. The van der Waals surface area contributed by atoms with Gasteiger partial charge in [0.2, 0.25) is 0 Å². The first-order chi connectivity index (χ1) is 5.96. The second kappa shape index (κ2) is 3.53. The van der Waals surface area contributed by atoms with Crippen molar-refractivity contribution in [3.8, 4) is 0 Å². The molecule has 1 fully saturated rings. The van der Waals surface area contributed by atoms with Crippen LogP contribution in [0.25, 0.3) is 0 Å². The van der Waals surface area contributed by atoms with Crippen LogP contribution in [0.5, 0.6) is 0 Å². The largest absolute Gasteiger partial charge is 0.386 e. The Morgan fingerprint density at radius 3 is 2.31 bits per heavy atom. The van der Waals surface area contributed by atoms with Crippen LogP contribution in [-0.2, 0) is 19.3 Å². The summed E-state index contributed by atoms with van der Waals surface area (Å²) in [5.74, 6) is -1.45. The van der Waals surface area contributed by atoms with Crippen molar-refractivity contribution in [3.05, 3.63) is 0 Å². The number of hydrogen-bond acceptors (Lipinski definition) is 5. The first-order valence-electron chi connectivity index (χ1n) is 3.94. The van der Waals surface area contributed by atoms with E-state index in [4.69, 9.17) is 9.47 Å². The lowest BCUT2D eigenvalue weighted by atomic mass is 10.1. The fourth-order valence-corrected chi connectivity index (χ4v) is 2.97. The van der Waals surface area contributed by atoms with Crippen molar-refractivity contribution >= 4 is 9.84 Å². The van der Waals surface area contributed by atoms with Gasteiger partial charge in [-0.3, -0.25) is 0 Å². The summed E-state index contributed by atoms with van der Waals surface area (Å²) < 4.78 is 32.2. The van der Waals surface area contributed by atoms with Gasteiger partial charge in [-0.1, -0.05) is 0 Å². The molecule has 0 aromatic rings. The quantitative estimate of drug-likeness (QED) is 0.601. The highest BCUT2D eigenvalue weighted by Crippen LogP contribution is 2.27. The van der Waals surface area contributed by atoms with E-state index in [1.54, 1.807) is 0 Å². The molecule has 6 heteroatoms. The van der Waals surface area contributed by atoms with Crippen LogP contribution in [0.1, 0.15) is 6.42 Å². The molecule has 13 heavy (non-hydrogen) atoms. The average Bonchev–Trinajstić information content (AvgIpc) is 2.05. The van der Waals surface area contributed by atoms with E-state index in [9.17, 15) is 13.5 Å².